The zero-order valence-electron chi connectivity index (χ0n) is 14.6. The zero-order valence-corrected chi connectivity index (χ0v) is 14.6. The Hall–Kier alpha value is -3.73. The van der Waals surface area contributed by atoms with Gasteiger partial charge in [-0.25, -0.2) is 0 Å². The third-order valence-corrected chi connectivity index (χ3v) is 4.14. The second-order valence-corrected chi connectivity index (χ2v) is 5.97. The molecule has 1 N–H and O–H groups in total. The fourth-order valence-electron chi connectivity index (χ4n) is 2.83. The molecule has 0 heterocycles. The Kier molecular flexibility index (Phi) is 5.13. The highest BCUT2D eigenvalue weighted by atomic mass is 16.4. The number of amides is 1. The van der Waals surface area contributed by atoms with Gasteiger partial charge in [-0.15, -0.1) is 0 Å². The third kappa shape index (κ3) is 3.93. The van der Waals surface area contributed by atoms with E-state index < -0.39 is 11.9 Å². The van der Waals surface area contributed by atoms with Gasteiger partial charge >= 0.3 is 0 Å². The van der Waals surface area contributed by atoms with Crippen molar-refractivity contribution in [1.82, 2.24) is 0 Å². The lowest BCUT2D eigenvalue weighted by atomic mass is 9.95. The number of benzene rings is 3. The minimum atomic E-state index is -1.31. The van der Waals surface area contributed by atoms with Crippen LogP contribution < -0.4 is 10.4 Å². The van der Waals surface area contributed by atoms with Gasteiger partial charge in [0.1, 0.15) is 0 Å². The number of anilines is 1. The van der Waals surface area contributed by atoms with Gasteiger partial charge < -0.3 is 15.2 Å². The molecule has 0 radical (unpaired) electrons. The van der Waals surface area contributed by atoms with Gasteiger partial charge in [0.2, 0.25) is 0 Å². The molecule has 0 fully saturated rings. The summed E-state index contributed by atoms with van der Waals surface area (Å²) in [6, 6.07) is 19.7. The Bertz CT molecular complexity index is 1040. The zero-order chi connectivity index (χ0) is 19.4. The molecule has 0 aliphatic carbocycles. The minimum absolute atomic E-state index is 0.0105. The molecule has 0 bridgehead atoms. The van der Waals surface area contributed by atoms with Crippen molar-refractivity contribution >= 4 is 23.3 Å². The molecule has 3 aromatic rings. The monoisotopic (exact) mass is 358 g/mol. The average molecular weight is 358 g/mol. The molecule has 27 heavy (non-hydrogen) atoms. The summed E-state index contributed by atoms with van der Waals surface area (Å²) in [5, 5.41) is 14.2. The van der Waals surface area contributed by atoms with Crippen LogP contribution in [-0.4, -0.2) is 17.7 Å². The predicted octanol–water partition coefficient (Wildman–Crippen LogP) is 3.17. The van der Waals surface area contributed by atoms with Gasteiger partial charge in [-0.2, -0.15) is 0 Å². The fourth-order valence-corrected chi connectivity index (χ4v) is 2.83. The largest absolute Gasteiger partial charge is 0.545 e. The van der Waals surface area contributed by atoms with Crippen LogP contribution in [0, 0.1) is 0 Å². The lowest BCUT2D eigenvalue weighted by Crippen LogP contribution is -2.23. The van der Waals surface area contributed by atoms with Crippen molar-refractivity contribution in [2.75, 3.05) is 5.32 Å². The molecule has 0 aliphatic rings. The molecule has 1 amide bonds. The highest BCUT2D eigenvalue weighted by molar-refractivity contribution is 6.10. The Morgan fingerprint density at radius 2 is 1.37 bits per heavy atom. The molecule has 0 saturated carbocycles. The van der Waals surface area contributed by atoms with Crippen LogP contribution in [0.1, 0.15) is 38.0 Å². The number of carbonyl (C=O) groups is 3. The maximum atomic E-state index is 12.8. The summed E-state index contributed by atoms with van der Waals surface area (Å²) < 4.78 is 0. The van der Waals surface area contributed by atoms with Crippen LogP contribution >= 0.6 is 0 Å². The van der Waals surface area contributed by atoms with Crippen LogP contribution in [0.4, 0.5) is 5.69 Å². The maximum absolute atomic E-state index is 12.8. The number of carboxylic acids is 1. The Morgan fingerprint density at radius 1 is 0.778 bits per heavy atom. The number of Topliss-reactive ketones (excluding diaryl/α,β-unsaturated/α-hetero) is 1. The number of hydrogen-bond acceptors (Lipinski definition) is 4. The molecule has 5 nitrogen and oxygen atoms in total. The van der Waals surface area contributed by atoms with Crippen molar-refractivity contribution in [2.45, 2.75) is 6.92 Å². The molecule has 134 valence electrons. The Labute approximate surface area is 156 Å². The van der Waals surface area contributed by atoms with Gasteiger partial charge in [-0.3, -0.25) is 9.59 Å². The Morgan fingerprint density at radius 3 is 2.00 bits per heavy atom. The van der Waals surface area contributed by atoms with Gasteiger partial charge in [-0.1, -0.05) is 54.6 Å². The molecular weight excluding hydrogens is 342 g/mol. The molecule has 3 aromatic carbocycles. The van der Waals surface area contributed by atoms with E-state index in [1.807, 2.05) is 0 Å². The number of hydrogen-bond donors (Lipinski definition) is 1. The van der Waals surface area contributed by atoms with Crippen LogP contribution in [0.3, 0.4) is 0 Å². The second-order valence-electron chi connectivity index (χ2n) is 5.97. The molecule has 5 heteroatoms. The van der Waals surface area contributed by atoms with Crippen molar-refractivity contribution in [2.24, 2.45) is 0 Å². The third-order valence-electron chi connectivity index (χ3n) is 4.14. The van der Waals surface area contributed by atoms with Gasteiger partial charge in [0.15, 0.2) is 5.78 Å². The molecule has 0 aromatic heterocycles. The van der Waals surface area contributed by atoms with E-state index in [1.165, 1.54) is 13.0 Å². The van der Waals surface area contributed by atoms with Crippen molar-refractivity contribution in [3.05, 3.63) is 89.5 Å². The van der Waals surface area contributed by atoms with Crippen molar-refractivity contribution in [3.63, 3.8) is 0 Å². The number of nitrogens with one attached hydrogen (secondary N) is 1. The quantitative estimate of drug-likeness (QED) is 0.710. The first-order valence-electron chi connectivity index (χ1n) is 8.29. The first-order valence-corrected chi connectivity index (χ1v) is 8.29. The van der Waals surface area contributed by atoms with E-state index in [4.69, 9.17) is 0 Å². The average Bonchev–Trinajstić information content (AvgIpc) is 2.68. The van der Waals surface area contributed by atoms with Crippen LogP contribution in [0.15, 0.2) is 72.8 Å². The van der Waals surface area contributed by atoms with Crippen LogP contribution in [0.2, 0.25) is 0 Å². The molecule has 0 aliphatic heterocycles. The van der Waals surface area contributed by atoms with Crippen LogP contribution in [0.5, 0.6) is 0 Å². The van der Waals surface area contributed by atoms with Crippen LogP contribution in [0.25, 0.3) is 11.1 Å². The summed E-state index contributed by atoms with van der Waals surface area (Å²) in [6.07, 6.45) is 0. The van der Waals surface area contributed by atoms with E-state index in [9.17, 15) is 19.5 Å². The van der Waals surface area contributed by atoms with Crippen molar-refractivity contribution < 1.29 is 19.5 Å². The summed E-state index contributed by atoms with van der Waals surface area (Å²) in [5.41, 5.74) is 2.19. The first kappa shape index (κ1) is 18.1. The predicted molar refractivity (Wildman–Crippen MR) is 101 cm³/mol. The lowest BCUT2D eigenvalue weighted by molar-refractivity contribution is -0.254. The molecule has 0 atom stereocenters. The molecule has 0 saturated heterocycles. The summed E-state index contributed by atoms with van der Waals surface area (Å²) >= 11 is 0. The topological polar surface area (TPSA) is 86.3 Å². The highest BCUT2D eigenvalue weighted by Crippen LogP contribution is 2.27. The second kappa shape index (κ2) is 7.66. The summed E-state index contributed by atoms with van der Waals surface area (Å²) in [7, 11) is 0. The van der Waals surface area contributed by atoms with E-state index >= 15 is 0 Å². The van der Waals surface area contributed by atoms with Crippen molar-refractivity contribution in [1.29, 1.82) is 0 Å². The van der Waals surface area contributed by atoms with Gasteiger partial charge in [0.25, 0.3) is 5.91 Å². The molecule has 3 rings (SSSR count). The maximum Gasteiger partial charge on any atom is 0.256 e. The first-order chi connectivity index (χ1) is 13.0. The number of rotatable bonds is 5. The summed E-state index contributed by atoms with van der Waals surface area (Å²) in [4.78, 5) is 35.8. The van der Waals surface area contributed by atoms with E-state index in [0.717, 1.165) is 0 Å². The number of aromatic carboxylic acids is 1. The molecule has 0 unspecified atom stereocenters. The number of ketones is 1. The normalized spacial score (nSPS) is 10.3. The van der Waals surface area contributed by atoms with Gasteiger partial charge in [0, 0.05) is 22.4 Å². The summed E-state index contributed by atoms with van der Waals surface area (Å²) in [6.45, 7) is 1.45. The van der Waals surface area contributed by atoms with E-state index in [0.29, 0.717) is 27.9 Å². The molecule has 0 spiro atoms. The van der Waals surface area contributed by atoms with Gasteiger partial charge in [-0.05, 0) is 36.2 Å². The van der Waals surface area contributed by atoms with E-state index in [2.05, 4.69) is 5.32 Å². The SMILES string of the molecule is CC(=O)c1cccc(NC(=O)c2ccccc2-c2ccccc2C(=O)[O-])c1. The summed E-state index contributed by atoms with van der Waals surface area (Å²) in [5.74, 6) is -1.82. The van der Waals surface area contributed by atoms with Gasteiger partial charge in [0.05, 0.1) is 5.97 Å². The fraction of sp³-hybridized carbons (Fsp3) is 0.0455. The molecular formula is C22H16NO4-. The van der Waals surface area contributed by atoms with E-state index in [-0.39, 0.29) is 11.3 Å². The van der Waals surface area contributed by atoms with E-state index in [1.54, 1.807) is 66.7 Å². The minimum Gasteiger partial charge on any atom is -0.545 e. The number of carbonyl (C=O) groups excluding carboxylic acids is 3. The smallest absolute Gasteiger partial charge is 0.256 e. The highest BCUT2D eigenvalue weighted by Gasteiger charge is 2.15. The van der Waals surface area contributed by atoms with Crippen molar-refractivity contribution in [3.8, 4) is 11.1 Å². The lowest BCUT2D eigenvalue weighted by Gasteiger charge is -2.14. The Balaban J connectivity index is 2.00. The number of carboxylic acid groups (broad SMARTS) is 1. The standard InChI is InChI=1S/C22H17NO4/c1-14(24)15-7-6-8-16(13-15)23-21(25)19-11-4-2-9-17(19)18-10-3-5-12-20(18)22(26)27/h2-13H,1H3,(H,23,25)(H,26,27)/p-1. The van der Waals surface area contributed by atoms with Crippen LogP contribution in [-0.2, 0) is 0 Å².